The van der Waals surface area contributed by atoms with Crippen LogP contribution in [0.25, 0.3) is 0 Å². The molecule has 3 atom stereocenters. The summed E-state index contributed by atoms with van der Waals surface area (Å²) >= 11 is 0. The van der Waals surface area contributed by atoms with Gasteiger partial charge in [-0.15, -0.1) is 0 Å². The van der Waals surface area contributed by atoms with Crippen molar-refractivity contribution >= 4 is 5.97 Å². The van der Waals surface area contributed by atoms with Crippen molar-refractivity contribution < 1.29 is 9.90 Å². The third kappa shape index (κ3) is 1.39. The Morgan fingerprint density at radius 3 is 2.79 bits per heavy atom. The first kappa shape index (κ1) is 9.19. The van der Waals surface area contributed by atoms with Gasteiger partial charge in [0.1, 0.15) is 0 Å². The first-order chi connectivity index (χ1) is 6.75. The first-order valence-electron chi connectivity index (χ1n) is 4.89. The minimum absolute atomic E-state index is 0.138. The molecule has 0 aromatic carbocycles. The van der Waals surface area contributed by atoms with Crippen LogP contribution in [0.4, 0.5) is 0 Å². The quantitative estimate of drug-likeness (QED) is 0.793. The highest BCUT2D eigenvalue weighted by molar-refractivity contribution is 5.76. The van der Waals surface area contributed by atoms with Crippen molar-refractivity contribution in [3.05, 3.63) is 30.1 Å². The molecule has 1 saturated carbocycles. The van der Waals surface area contributed by atoms with E-state index in [4.69, 9.17) is 5.11 Å². The van der Waals surface area contributed by atoms with Crippen LogP contribution < -0.4 is 0 Å². The fraction of sp³-hybridized carbons (Fsp3) is 0.455. The van der Waals surface area contributed by atoms with Crippen molar-refractivity contribution in [3.63, 3.8) is 0 Å². The van der Waals surface area contributed by atoms with Gasteiger partial charge >= 0.3 is 5.97 Å². The SMILES string of the molecule is CCC1C(C(=O)O)C1c1ccccn1. The largest absolute Gasteiger partial charge is 0.481 e. The number of aromatic nitrogens is 1. The van der Waals surface area contributed by atoms with E-state index in [1.165, 1.54) is 0 Å². The van der Waals surface area contributed by atoms with E-state index in [-0.39, 0.29) is 17.8 Å². The summed E-state index contributed by atoms with van der Waals surface area (Å²) in [6, 6.07) is 5.67. The Balaban J connectivity index is 2.18. The van der Waals surface area contributed by atoms with Gasteiger partial charge in [0.2, 0.25) is 0 Å². The molecule has 1 fully saturated rings. The van der Waals surface area contributed by atoms with Gasteiger partial charge in [-0.05, 0) is 18.1 Å². The fourth-order valence-corrected chi connectivity index (χ4v) is 2.19. The third-order valence-corrected chi connectivity index (χ3v) is 2.95. The maximum atomic E-state index is 10.9. The molecular weight excluding hydrogens is 178 g/mol. The number of nitrogens with zero attached hydrogens (tertiary/aromatic N) is 1. The monoisotopic (exact) mass is 191 g/mol. The van der Waals surface area contributed by atoms with Crippen LogP contribution in [0.1, 0.15) is 25.0 Å². The molecule has 3 unspecified atom stereocenters. The molecule has 0 radical (unpaired) electrons. The number of pyridine rings is 1. The van der Waals surface area contributed by atoms with Gasteiger partial charge in [0.25, 0.3) is 0 Å². The maximum absolute atomic E-state index is 10.9. The van der Waals surface area contributed by atoms with Crippen LogP contribution in [0.15, 0.2) is 24.4 Å². The molecule has 3 heteroatoms. The molecular formula is C11H13NO2. The van der Waals surface area contributed by atoms with E-state index in [0.717, 1.165) is 12.1 Å². The topological polar surface area (TPSA) is 50.2 Å². The summed E-state index contributed by atoms with van der Waals surface area (Å²) < 4.78 is 0. The second-order valence-electron chi connectivity index (χ2n) is 3.72. The van der Waals surface area contributed by atoms with Gasteiger partial charge in [0.05, 0.1) is 5.92 Å². The molecule has 0 spiro atoms. The van der Waals surface area contributed by atoms with E-state index >= 15 is 0 Å². The summed E-state index contributed by atoms with van der Waals surface area (Å²) in [5.41, 5.74) is 0.923. The number of carboxylic acid groups (broad SMARTS) is 1. The zero-order valence-corrected chi connectivity index (χ0v) is 8.05. The predicted octanol–water partition coefficient (Wildman–Crippen LogP) is 1.91. The molecule has 0 aliphatic heterocycles. The van der Waals surface area contributed by atoms with Crippen molar-refractivity contribution in [1.29, 1.82) is 0 Å². The molecule has 14 heavy (non-hydrogen) atoms. The van der Waals surface area contributed by atoms with Gasteiger partial charge in [-0.3, -0.25) is 9.78 Å². The number of hydrogen-bond donors (Lipinski definition) is 1. The van der Waals surface area contributed by atoms with Crippen molar-refractivity contribution in [2.45, 2.75) is 19.3 Å². The molecule has 74 valence electrons. The molecule has 0 bridgehead atoms. The molecule has 1 aliphatic carbocycles. The van der Waals surface area contributed by atoms with E-state index in [2.05, 4.69) is 4.98 Å². The number of hydrogen-bond acceptors (Lipinski definition) is 2. The van der Waals surface area contributed by atoms with Crippen LogP contribution >= 0.6 is 0 Å². The summed E-state index contributed by atoms with van der Waals surface area (Å²) in [6.45, 7) is 2.03. The second kappa shape index (κ2) is 3.40. The highest BCUT2D eigenvalue weighted by Crippen LogP contribution is 2.55. The summed E-state index contributed by atoms with van der Waals surface area (Å²) in [5, 5.41) is 8.96. The van der Waals surface area contributed by atoms with Gasteiger partial charge in [0.15, 0.2) is 0 Å². The second-order valence-corrected chi connectivity index (χ2v) is 3.72. The van der Waals surface area contributed by atoms with Crippen molar-refractivity contribution in [2.24, 2.45) is 11.8 Å². The van der Waals surface area contributed by atoms with Crippen LogP contribution in [-0.2, 0) is 4.79 Å². The minimum atomic E-state index is -0.687. The maximum Gasteiger partial charge on any atom is 0.307 e. The van der Waals surface area contributed by atoms with E-state index in [1.807, 2.05) is 25.1 Å². The Morgan fingerprint density at radius 1 is 1.57 bits per heavy atom. The minimum Gasteiger partial charge on any atom is -0.481 e. The van der Waals surface area contributed by atoms with Gasteiger partial charge < -0.3 is 5.11 Å². The van der Waals surface area contributed by atoms with Crippen LogP contribution in [0.2, 0.25) is 0 Å². The Bertz CT molecular complexity index is 336. The lowest BCUT2D eigenvalue weighted by Gasteiger charge is -1.95. The molecule has 1 heterocycles. The van der Waals surface area contributed by atoms with Crippen LogP contribution in [0.3, 0.4) is 0 Å². The summed E-state index contributed by atoms with van der Waals surface area (Å²) in [4.78, 5) is 15.1. The zero-order valence-electron chi connectivity index (χ0n) is 8.05. The average Bonchev–Trinajstić information content (AvgIpc) is 2.93. The van der Waals surface area contributed by atoms with Crippen LogP contribution in [0.5, 0.6) is 0 Å². The van der Waals surface area contributed by atoms with E-state index in [0.29, 0.717) is 0 Å². The lowest BCUT2D eigenvalue weighted by atomic mass is 10.2. The van der Waals surface area contributed by atoms with Gasteiger partial charge in [-0.25, -0.2) is 0 Å². The molecule has 2 rings (SSSR count). The molecule has 1 aromatic heterocycles. The van der Waals surface area contributed by atoms with Crippen LogP contribution in [0, 0.1) is 11.8 Å². The van der Waals surface area contributed by atoms with E-state index < -0.39 is 5.97 Å². The molecule has 3 nitrogen and oxygen atoms in total. The molecule has 0 amide bonds. The first-order valence-corrected chi connectivity index (χ1v) is 4.89. The zero-order chi connectivity index (χ0) is 10.1. The summed E-state index contributed by atoms with van der Waals surface area (Å²) in [5.74, 6) is -0.483. The molecule has 1 N–H and O–H groups in total. The highest BCUT2D eigenvalue weighted by atomic mass is 16.4. The Kier molecular flexibility index (Phi) is 2.23. The van der Waals surface area contributed by atoms with Crippen molar-refractivity contribution in [2.75, 3.05) is 0 Å². The Morgan fingerprint density at radius 2 is 2.36 bits per heavy atom. The fourth-order valence-electron chi connectivity index (χ4n) is 2.19. The Hall–Kier alpha value is -1.38. The van der Waals surface area contributed by atoms with E-state index in [1.54, 1.807) is 6.20 Å². The standard InChI is InChI=1S/C11H13NO2/c1-2-7-9(10(7)11(13)14)8-5-3-4-6-12-8/h3-7,9-10H,2H2,1H3,(H,13,14). The van der Waals surface area contributed by atoms with E-state index in [9.17, 15) is 4.79 Å². The summed E-state index contributed by atoms with van der Waals surface area (Å²) in [7, 11) is 0. The number of rotatable bonds is 3. The van der Waals surface area contributed by atoms with Crippen LogP contribution in [-0.4, -0.2) is 16.1 Å². The molecule has 1 aliphatic rings. The number of carbonyl (C=O) groups is 1. The van der Waals surface area contributed by atoms with Gasteiger partial charge in [-0.1, -0.05) is 19.4 Å². The molecule has 0 saturated heterocycles. The molecule has 1 aromatic rings. The normalized spacial score (nSPS) is 29.9. The third-order valence-electron chi connectivity index (χ3n) is 2.95. The summed E-state index contributed by atoms with van der Waals surface area (Å²) in [6.07, 6.45) is 2.64. The lowest BCUT2D eigenvalue weighted by molar-refractivity contribution is -0.139. The lowest BCUT2D eigenvalue weighted by Crippen LogP contribution is -2.00. The highest BCUT2D eigenvalue weighted by Gasteiger charge is 2.55. The number of aliphatic carboxylic acids is 1. The van der Waals surface area contributed by atoms with Gasteiger partial charge in [-0.2, -0.15) is 0 Å². The van der Waals surface area contributed by atoms with Gasteiger partial charge in [0, 0.05) is 17.8 Å². The average molecular weight is 191 g/mol. The smallest absolute Gasteiger partial charge is 0.307 e. The Labute approximate surface area is 82.8 Å². The van der Waals surface area contributed by atoms with Crippen molar-refractivity contribution in [3.8, 4) is 0 Å². The predicted molar refractivity (Wildman–Crippen MR) is 51.9 cm³/mol. The van der Waals surface area contributed by atoms with Crippen molar-refractivity contribution in [1.82, 2.24) is 4.98 Å². The number of carboxylic acids is 1.